The third kappa shape index (κ3) is 4.01. The lowest BCUT2D eigenvalue weighted by Gasteiger charge is -2.07. The maximum Gasteiger partial charge on any atom is 0.256 e. The highest BCUT2D eigenvalue weighted by Gasteiger charge is 2.07. The standard InChI is InChI=1S/C17H12Cl2N4O/c18-13-7-6-12(10-14(13)19)20-15-8-9-16(23-22-15)21-17(24)11-4-2-1-3-5-11/h1-10H,(H,20,22)(H,21,23,24). The van der Waals surface area contributed by atoms with Crippen molar-refractivity contribution in [2.45, 2.75) is 0 Å². The highest BCUT2D eigenvalue weighted by Crippen LogP contribution is 2.26. The second kappa shape index (κ2) is 7.29. The van der Waals surface area contributed by atoms with Crippen LogP contribution in [0.5, 0.6) is 0 Å². The van der Waals surface area contributed by atoms with Crippen molar-refractivity contribution < 1.29 is 4.79 Å². The Morgan fingerprint density at radius 2 is 1.54 bits per heavy atom. The average Bonchev–Trinajstić information content (AvgIpc) is 2.61. The van der Waals surface area contributed by atoms with Crippen LogP contribution in [0.1, 0.15) is 10.4 Å². The number of nitrogens with one attached hydrogen (secondary N) is 2. The molecule has 5 nitrogen and oxygen atoms in total. The fraction of sp³-hybridized carbons (Fsp3) is 0. The molecular weight excluding hydrogens is 347 g/mol. The van der Waals surface area contributed by atoms with Gasteiger partial charge in [-0.1, -0.05) is 41.4 Å². The third-order valence-electron chi connectivity index (χ3n) is 3.13. The fourth-order valence-corrected chi connectivity index (χ4v) is 2.26. The van der Waals surface area contributed by atoms with Gasteiger partial charge in [0.05, 0.1) is 10.0 Å². The largest absolute Gasteiger partial charge is 0.339 e. The van der Waals surface area contributed by atoms with E-state index >= 15 is 0 Å². The third-order valence-corrected chi connectivity index (χ3v) is 3.87. The van der Waals surface area contributed by atoms with Crippen molar-refractivity contribution in [3.05, 3.63) is 76.3 Å². The van der Waals surface area contributed by atoms with Crippen LogP contribution in [-0.2, 0) is 0 Å². The summed E-state index contributed by atoms with van der Waals surface area (Å²) >= 11 is 11.8. The van der Waals surface area contributed by atoms with E-state index in [-0.39, 0.29) is 5.91 Å². The molecule has 1 aromatic heterocycles. The lowest BCUT2D eigenvalue weighted by molar-refractivity contribution is 0.102. The quantitative estimate of drug-likeness (QED) is 0.704. The smallest absolute Gasteiger partial charge is 0.256 e. The lowest BCUT2D eigenvalue weighted by Crippen LogP contribution is -2.13. The van der Waals surface area contributed by atoms with E-state index in [1.165, 1.54) is 0 Å². The van der Waals surface area contributed by atoms with Crippen molar-refractivity contribution in [1.82, 2.24) is 10.2 Å². The predicted molar refractivity (Wildman–Crippen MR) is 96.2 cm³/mol. The van der Waals surface area contributed by atoms with Crippen LogP contribution in [0.15, 0.2) is 60.7 Å². The van der Waals surface area contributed by atoms with Gasteiger partial charge in [0.15, 0.2) is 11.6 Å². The van der Waals surface area contributed by atoms with Crippen molar-refractivity contribution in [2.75, 3.05) is 10.6 Å². The maximum atomic E-state index is 12.0. The van der Waals surface area contributed by atoms with E-state index in [1.54, 1.807) is 54.6 Å². The van der Waals surface area contributed by atoms with Crippen LogP contribution in [0.25, 0.3) is 0 Å². The Morgan fingerprint density at radius 3 is 2.21 bits per heavy atom. The molecular formula is C17H12Cl2N4O. The van der Waals surface area contributed by atoms with Gasteiger partial charge in [0, 0.05) is 11.3 Å². The number of hydrogen-bond donors (Lipinski definition) is 2. The number of nitrogens with zero attached hydrogens (tertiary/aromatic N) is 2. The summed E-state index contributed by atoms with van der Waals surface area (Å²) in [5.74, 6) is 0.643. The number of benzene rings is 2. The zero-order valence-corrected chi connectivity index (χ0v) is 13.8. The number of carbonyl (C=O) groups is 1. The minimum absolute atomic E-state index is 0.241. The van der Waals surface area contributed by atoms with Gasteiger partial charge in [0.1, 0.15) is 0 Å². The Bertz CT molecular complexity index is 854. The van der Waals surface area contributed by atoms with Crippen LogP contribution in [0.4, 0.5) is 17.3 Å². The molecule has 0 aliphatic carbocycles. The number of rotatable bonds is 4. The molecule has 0 spiro atoms. The monoisotopic (exact) mass is 358 g/mol. The summed E-state index contributed by atoms with van der Waals surface area (Å²) in [7, 11) is 0. The maximum absolute atomic E-state index is 12.0. The van der Waals surface area contributed by atoms with Gasteiger partial charge in [-0.25, -0.2) is 0 Å². The predicted octanol–water partition coefficient (Wildman–Crippen LogP) is 4.78. The number of aromatic nitrogens is 2. The highest BCUT2D eigenvalue weighted by molar-refractivity contribution is 6.42. The van der Waals surface area contributed by atoms with E-state index in [4.69, 9.17) is 23.2 Å². The summed E-state index contributed by atoms with van der Waals surface area (Å²) < 4.78 is 0. The van der Waals surface area contributed by atoms with Crippen LogP contribution in [-0.4, -0.2) is 16.1 Å². The van der Waals surface area contributed by atoms with Gasteiger partial charge >= 0.3 is 0 Å². The first-order chi connectivity index (χ1) is 11.6. The second-order valence-corrected chi connectivity index (χ2v) is 5.69. The van der Waals surface area contributed by atoms with Crippen molar-refractivity contribution >= 4 is 46.4 Å². The molecule has 0 aliphatic heterocycles. The molecule has 7 heteroatoms. The normalized spacial score (nSPS) is 10.2. The van der Waals surface area contributed by atoms with Crippen molar-refractivity contribution in [3.8, 4) is 0 Å². The van der Waals surface area contributed by atoms with Crippen molar-refractivity contribution in [1.29, 1.82) is 0 Å². The van der Waals surface area contributed by atoms with Gasteiger partial charge in [-0.2, -0.15) is 0 Å². The summed E-state index contributed by atoms with van der Waals surface area (Å²) in [5.41, 5.74) is 1.29. The van der Waals surface area contributed by atoms with E-state index < -0.39 is 0 Å². The molecule has 3 aromatic rings. The Labute approximate surface area is 148 Å². The van der Waals surface area contributed by atoms with Crippen LogP contribution in [0.2, 0.25) is 10.0 Å². The Hall–Kier alpha value is -2.63. The van der Waals surface area contributed by atoms with E-state index in [2.05, 4.69) is 20.8 Å². The fourth-order valence-electron chi connectivity index (χ4n) is 1.97. The Morgan fingerprint density at radius 1 is 0.833 bits per heavy atom. The molecule has 0 unspecified atom stereocenters. The summed E-state index contributed by atoms with van der Waals surface area (Å²) in [6.45, 7) is 0. The van der Waals surface area contributed by atoms with Crippen LogP contribution < -0.4 is 10.6 Å². The first-order valence-corrected chi connectivity index (χ1v) is 7.79. The van der Waals surface area contributed by atoms with Gasteiger partial charge in [-0.05, 0) is 42.5 Å². The minimum Gasteiger partial charge on any atom is -0.339 e. The molecule has 0 radical (unpaired) electrons. The van der Waals surface area contributed by atoms with E-state index in [1.807, 2.05) is 6.07 Å². The van der Waals surface area contributed by atoms with E-state index in [0.29, 0.717) is 27.2 Å². The van der Waals surface area contributed by atoms with Crippen LogP contribution in [0.3, 0.4) is 0 Å². The molecule has 0 fully saturated rings. The van der Waals surface area contributed by atoms with Gasteiger partial charge in [0.25, 0.3) is 5.91 Å². The van der Waals surface area contributed by atoms with Crippen molar-refractivity contribution in [2.24, 2.45) is 0 Å². The van der Waals surface area contributed by atoms with Crippen LogP contribution >= 0.6 is 23.2 Å². The number of amides is 1. The van der Waals surface area contributed by atoms with Gasteiger partial charge in [0.2, 0.25) is 0 Å². The Kier molecular flexibility index (Phi) is 4.93. The molecule has 24 heavy (non-hydrogen) atoms. The number of carbonyl (C=O) groups excluding carboxylic acids is 1. The first kappa shape index (κ1) is 16.2. The summed E-state index contributed by atoms with van der Waals surface area (Å²) in [4.78, 5) is 12.0. The zero-order valence-electron chi connectivity index (χ0n) is 12.3. The molecule has 3 rings (SSSR count). The summed E-state index contributed by atoms with van der Waals surface area (Å²) in [6.07, 6.45) is 0. The SMILES string of the molecule is O=C(Nc1ccc(Nc2ccc(Cl)c(Cl)c2)nn1)c1ccccc1. The molecule has 0 saturated carbocycles. The lowest BCUT2D eigenvalue weighted by atomic mass is 10.2. The van der Waals surface area contributed by atoms with E-state index in [9.17, 15) is 4.79 Å². The molecule has 1 heterocycles. The zero-order chi connectivity index (χ0) is 16.9. The minimum atomic E-state index is -0.241. The molecule has 2 N–H and O–H groups in total. The van der Waals surface area contributed by atoms with Crippen molar-refractivity contribution in [3.63, 3.8) is 0 Å². The second-order valence-electron chi connectivity index (χ2n) is 4.88. The van der Waals surface area contributed by atoms with Gasteiger partial charge in [-0.15, -0.1) is 10.2 Å². The molecule has 2 aromatic carbocycles. The topological polar surface area (TPSA) is 66.9 Å². The molecule has 0 atom stereocenters. The number of anilines is 3. The van der Waals surface area contributed by atoms with E-state index in [0.717, 1.165) is 5.69 Å². The average molecular weight is 359 g/mol. The molecule has 0 aliphatic rings. The number of hydrogen-bond acceptors (Lipinski definition) is 4. The summed E-state index contributed by atoms with van der Waals surface area (Å²) in [6, 6.07) is 17.4. The molecule has 0 bridgehead atoms. The van der Waals surface area contributed by atoms with Crippen LogP contribution in [0, 0.1) is 0 Å². The first-order valence-electron chi connectivity index (χ1n) is 7.04. The Balaban J connectivity index is 1.67. The molecule has 120 valence electrons. The van der Waals surface area contributed by atoms with Gasteiger partial charge in [-0.3, -0.25) is 4.79 Å². The summed E-state index contributed by atoms with van der Waals surface area (Å²) in [5, 5.41) is 14.7. The highest BCUT2D eigenvalue weighted by atomic mass is 35.5. The van der Waals surface area contributed by atoms with Gasteiger partial charge < -0.3 is 10.6 Å². The molecule has 0 saturated heterocycles. The molecule has 1 amide bonds. The number of halogens is 2.